The van der Waals surface area contributed by atoms with Gasteiger partial charge < -0.3 is 4.90 Å². The minimum absolute atomic E-state index is 0.127. The number of hydrogen-bond donors (Lipinski definition) is 1. The zero-order valence-electron chi connectivity index (χ0n) is 11.2. The van der Waals surface area contributed by atoms with Crippen LogP contribution in [0.15, 0.2) is 4.34 Å². The second-order valence-electron chi connectivity index (χ2n) is 4.02. The molecule has 1 aromatic rings. The lowest BCUT2D eigenvalue weighted by Crippen LogP contribution is -2.27. The summed E-state index contributed by atoms with van der Waals surface area (Å²) >= 11 is 0.829. The molecule has 0 saturated carbocycles. The fraction of sp³-hybridized carbons (Fsp3) is 0.667. The number of rotatable bonds is 5. The Kier molecular flexibility index (Phi) is 5.20. The Hall–Kier alpha value is -1.26. The van der Waals surface area contributed by atoms with Gasteiger partial charge in [-0.05, 0) is 6.42 Å². The number of aromatic nitrogens is 2. The van der Waals surface area contributed by atoms with Gasteiger partial charge in [-0.3, -0.25) is 5.32 Å². The van der Waals surface area contributed by atoms with Crippen molar-refractivity contribution in [3.8, 4) is 0 Å². The number of anilines is 1. The molecule has 1 N–H and O–H groups in total. The van der Waals surface area contributed by atoms with Gasteiger partial charge in [0.25, 0.3) is 10.0 Å². The van der Waals surface area contributed by atoms with Gasteiger partial charge in [-0.2, -0.15) is 4.31 Å². The van der Waals surface area contributed by atoms with Crippen molar-refractivity contribution in [2.75, 3.05) is 33.0 Å². The second kappa shape index (κ2) is 6.26. The molecule has 0 aromatic carbocycles. The van der Waals surface area contributed by atoms with Crippen LogP contribution in [0.25, 0.3) is 0 Å². The van der Waals surface area contributed by atoms with Crippen molar-refractivity contribution < 1.29 is 13.2 Å². The first-order chi connectivity index (χ1) is 8.78. The summed E-state index contributed by atoms with van der Waals surface area (Å²) in [4.78, 5) is 12.7. The molecule has 0 spiro atoms. The minimum atomic E-state index is -3.62. The molecule has 10 heteroatoms. The number of carbonyl (C=O) groups excluding carboxylic acids is 1. The summed E-state index contributed by atoms with van der Waals surface area (Å²) in [5.74, 6) is 0. The zero-order valence-corrected chi connectivity index (χ0v) is 12.9. The van der Waals surface area contributed by atoms with Crippen LogP contribution >= 0.6 is 11.3 Å². The average Bonchev–Trinajstić information content (AvgIpc) is 2.78. The third kappa shape index (κ3) is 3.85. The molecule has 0 aliphatic rings. The van der Waals surface area contributed by atoms with Crippen LogP contribution in [-0.2, 0) is 10.0 Å². The summed E-state index contributed by atoms with van der Waals surface area (Å²) in [6.45, 7) is 2.29. The number of urea groups is 1. The smallest absolute Gasteiger partial charge is 0.323 e. The van der Waals surface area contributed by atoms with Crippen LogP contribution in [-0.4, -0.2) is 61.5 Å². The van der Waals surface area contributed by atoms with E-state index in [4.69, 9.17) is 0 Å². The fourth-order valence-corrected chi connectivity index (χ4v) is 3.48. The summed E-state index contributed by atoms with van der Waals surface area (Å²) < 4.78 is 25.2. The van der Waals surface area contributed by atoms with Crippen LogP contribution in [0, 0.1) is 0 Å². The van der Waals surface area contributed by atoms with Crippen LogP contribution < -0.4 is 5.32 Å². The maximum absolute atomic E-state index is 12.1. The Balaban J connectivity index is 2.88. The minimum Gasteiger partial charge on any atom is -0.331 e. The first kappa shape index (κ1) is 15.8. The molecule has 2 amide bonds. The van der Waals surface area contributed by atoms with E-state index in [1.807, 2.05) is 6.92 Å². The Morgan fingerprint density at radius 2 is 1.95 bits per heavy atom. The molecular weight excluding hydrogens is 290 g/mol. The first-order valence-corrected chi connectivity index (χ1v) is 7.82. The predicted molar refractivity (Wildman–Crippen MR) is 72.7 cm³/mol. The van der Waals surface area contributed by atoms with Crippen molar-refractivity contribution >= 4 is 32.5 Å². The van der Waals surface area contributed by atoms with E-state index in [1.54, 1.807) is 14.1 Å². The number of amides is 2. The molecule has 0 aliphatic heterocycles. The van der Waals surface area contributed by atoms with Crippen molar-refractivity contribution in [1.29, 1.82) is 0 Å². The van der Waals surface area contributed by atoms with Gasteiger partial charge in [0.2, 0.25) is 9.47 Å². The quantitative estimate of drug-likeness (QED) is 0.806. The Bertz CT molecular complexity index is 540. The molecule has 0 unspecified atom stereocenters. The van der Waals surface area contributed by atoms with Crippen molar-refractivity contribution in [3.05, 3.63) is 0 Å². The topological polar surface area (TPSA) is 95.5 Å². The molecule has 108 valence electrons. The Labute approximate surface area is 116 Å². The van der Waals surface area contributed by atoms with Gasteiger partial charge in [0.15, 0.2) is 0 Å². The third-order valence-electron chi connectivity index (χ3n) is 2.20. The van der Waals surface area contributed by atoms with Crippen LogP contribution in [0.4, 0.5) is 9.93 Å². The summed E-state index contributed by atoms with van der Waals surface area (Å²) in [7, 11) is 1.01. The third-order valence-corrected chi connectivity index (χ3v) is 5.24. The van der Waals surface area contributed by atoms with Gasteiger partial charge >= 0.3 is 6.03 Å². The van der Waals surface area contributed by atoms with E-state index in [2.05, 4.69) is 15.5 Å². The SMILES string of the molecule is CCCN(C)S(=O)(=O)c1nnc(NC(=O)N(C)C)s1. The van der Waals surface area contributed by atoms with Gasteiger partial charge in [-0.1, -0.05) is 18.3 Å². The lowest BCUT2D eigenvalue weighted by molar-refractivity contribution is 0.230. The predicted octanol–water partition coefficient (Wildman–Crippen LogP) is 0.662. The molecule has 1 aromatic heterocycles. The van der Waals surface area contributed by atoms with Gasteiger partial charge in [0.05, 0.1) is 0 Å². The number of sulfonamides is 1. The monoisotopic (exact) mass is 307 g/mol. The molecule has 0 saturated heterocycles. The molecule has 8 nitrogen and oxygen atoms in total. The van der Waals surface area contributed by atoms with Gasteiger partial charge in [0, 0.05) is 27.7 Å². The van der Waals surface area contributed by atoms with Gasteiger partial charge in [-0.15, -0.1) is 10.2 Å². The largest absolute Gasteiger partial charge is 0.331 e. The van der Waals surface area contributed by atoms with E-state index in [0.29, 0.717) is 13.0 Å². The van der Waals surface area contributed by atoms with Crippen molar-refractivity contribution in [1.82, 2.24) is 19.4 Å². The number of nitrogens with one attached hydrogen (secondary N) is 1. The lowest BCUT2D eigenvalue weighted by atomic mass is 10.5. The zero-order chi connectivity index (χ0) is 14.6. The highest BCUT2D eigenvalue weighted by Crippen LogP contribution is 2.22. The molecule has 0 radical (unpaired) electrons. The summed E-state index contributed by atoms with van der Waals surface area (Å²) in [6, 6.07) is -0.387. The molecule has 0 bridgehead atoms. The van der Waals surface area contributed by atoms with Crippen LogP contribution in [0.2, 0.25) is 0 Å². The molecule has 1 rings (SSSR count). The highest BCUT2D eigenvalue weighted by molar-refractivity contribution is 7.91. The average molecular weight is 307 g/mol. The Morgan fingerprint density at radius 1 is 1.32 bits per heavy atom. The van der Waals surface area contributed by atoms with E-state index in [-0.39, 0.29) is 15.5 Å². The standard InChI is InChI=1S/C9H17N5O3S2/c1-5-6-14(4)19(16,17)9-12-11-7(18-9)10-8(15)13(2)3/h5-6H2,1-4H3,(H,10,11,15). The van der Waals surface area contributed by atoms with Crippen molar-refractivity contribution in [3.63, 3.8) is 0 Å². The van der Waals surface area contributed by atoms with Crippen molar-refractivity contribution in [2.45, 2.75) is 17.7 Å². The number of nitrogens with zero attached hydrogens (tertiary/aromatic N) is 4. The molecular formula is C9H17N5O3S2. The number of carbonyl (C=O) groups is 1. The summed E-state index contributed by atoms with van der Waals surface area (Å²) in [5, 5.41) is 9.87. The molecule has 1 heterocycles. The molecule has 19 heavy (non-hydrogen) atoms. The summed E-state index contributed by atoms with van der Waals surface area (Å²) in [6.07, 6.45) is 0.707. The highest BCUT2D eigenvalue weighted by atomic mass is 32.2. The maximum Gasteiger partial charge on any atom is 0.323 e. The molecule has 0 aliphatic carbocycles. The van der Waals surface area contributed by atoms with E-state index in [0.717, 1.165) is 11.3 Å². The number of hydrogen-bond acceptors (Lipinski definition) is 6. The normalized spacial score (nSPS) is 11.6. The van der Waals surface area contributed by atoms with Crippen molar-refractivity contribution in [2.24, 2.45) is 0 Å². The second-order valence-corrected chi connectivity index (χ2v) is 7.22. The highest BCUT2D eigenvalue weighted by Gasteiger charge is 2.25. The summed E-state index contributed by atoms with van der Waals surface area (Å²) in [5.41, 5.74) is 0. The van der Waals surface area contributed by atoms with Gasteiger partial charge in [-0.25, -0.2) is 13.2 Å². The first-order valence-electron chi connectivity index (χ1n) is 5.57. The maximum atomic E-state index is 12.1. The molecule has 0 atom stereocenters. The van der Waals surface area contributed by atoms with E-state index in [1.165, 1.54) is 16.3 Å². The van der Waals surface area contributed by atoms with Crippen LogP contribution in [0.5, 0.6) is 0 Å². The fourth-order valence-electron chi connectivity index (χ4n) is 1.14. The van der Waals surface area contributed by atoms with Crippen LogP contribution in [0.1, 0.15) is 13.3 Å². The van der Waals surface area contributed by atoms with E-state index in [9.17, 15) is 13.2 Å². The van der Waals surface area contributed by atoms with Gasteiger partial charge in [0.1, 0.15) is 0 Å². The van der Waals surface area contributed by atoms with E-state index < -0.39 is 10.0 Å². The van der Waals surface area contributed by atoms with E-state index >= 15 is 0 Å². The van der Waals surface area contributed by atoms with Crippen LogP contribution in [0.3, 0.4) is 0 Å². The Morgan fingerprint density at radius 3 is 2.47 bits per heavy atom. The molecule has 0 fully saturated rings. The lowest BCUT2D eigenvalue weighted by Gasteiger charge is -2.13.